The molecule has 1 amide bonds. The van der Waals surface area contributed by atoms with Gasteiger partial charge < -0.3 is 15.4 Å². The van der Waals surface area contributed by atoms with Crippen LogP contribution in [0.25, 0.3) is 0 Å². The fourth-order valence-electron chi connectivity index (χ4n) is 2.65. The smallest absolute Gasteiger partial charge is 0.256 e. The third-order valence-corrected chi connectivity index (χ3v) is 3.70. The first-order valence-electron chi connectivity index (χ1n) is 6.71. The van der Waals surface area contributed by atoms with Crippen LogP contribution in [0.5, 0.6) is 0 Å². The van der Waals surface area contributed by atoms with Gasteiger partial charge in [-0.3, -0.25) is 4.79 Å². The minimum atomic E-state index is -0.692. The lowest BCUT2D eigenvalue weighted by molar-refractivity contribution is -0.140. The molecule has 0 atom stereocenters. The Bertz CT molecular complexity index is 451. The summed E-state index contributed by atoms with van der Waals surface area (Å²) < 4.78 is 5.52. The van der Waals surface area contributed by atoms with Gasteiger partial charge in [-0.05, 0) is 63.0 Å². The summed E-state index contributed by atoms with van der Waals surface area (Å²) in [4.78, 5) is 12.5. The topological polar surface area (TPSA) is 50.4 Å². The number of amides is 1. The van der Waals surface area contributed by atoms with Gasteiger partial charge in [-0.2, -0.15) is 0 Å². The number of hydrogen-bond acceptors (Lipinski definition) is 3. The molecule has 1 aromatic rings. The molecule has 0 unspecified atom stereocenters. The Balaban J connectivity index is 0.00000200. The Morgan fingerprint density at radius 3 is 2.25 bits per heavy atom. The number of benzene rings is 1. The molecule has 2 rings (SSSR count). The van der Waals surface area contributed by atoms with E-state index >= 15 is 0 Å². The molecule has 0 aliphatic carbocycles. The van der Waals surface area contributed by atoms with Crippen LogP contribution in [0.2, 0.25) is 0 Å². The molecule has 0 saturated carbocycles. The highest BCUT2D eigenvalue weighted by Crippen LogP contribution is 2.25. The molecule has 2 N–H and O–H groups in total. The molecule has 1 aromatic carbocycles. The van der Waals surface area contributed by atoms with Crippen LogP contribution in [0.15, 0.2) is 18.2 Å². The van der Waals surface area contributed by atoms with E-state index in [1.807, 2.05) is 26.0 Å². The van der Waals surface area contributed by atoms with Gasteiger partial charge in [0.15, 0.2) is 0 Å². The molecular formula is C15H23ClN2O2. The van der Waals surface area contributed by atoms with Gasteiger partial charge in [0, 0.05) is 12.8 Å². The van der Waals surface area contributed by atoms with Gasteiger partial charge in [0.1, 0.15) is 5.60 Å². The SMILES string of the molecule is COC1(C(=O)Nc2cc(C)cc(C)c2)CCNCC1.Cl. The number of carbonyl (C=O) groups is 1. The molecule has 112 valence electrons. The Labute approximate surface area is 126 Å². The predicted octanol–water partition coefficient (Wildman–Crippen LogP) is 2.43. The van der Waals surface area contributed by atoms with E-state index in [2.05, 4.69) is 16.7 Å². The third kappa shape index (κ3) is 3.72. The van der Waals surface area contributed by atoms with Crippen molar-refractivity contribution in [1.29, 1.82) is 0 Å². The van der Waals surface area contributed by atoms with Crippen LogP contribution in [0.3, 0.4) is 0 Å². The van der Waals surface area contributed by atoms with Crippen molar-refractivity contribution in [3.8, 4) is 0 Å². The molecule has 1 aliphatic heterocycles. The summed E-state index contributed by atoms with van der Waals surface area (Å²) in [6.07, 6.45) is 1.42. The van der Waals surface area contributed by atoms with Crippen molar-refractivity contribution in [1.82, 2.24) is 5.32 Å². The minimum Gasteiger partial charge on any atom is -0.368 e. The van der Waals surface area contributed by atoms with Gasteiger partial charge in [0.05, 0.1) is 0 Å². The largest absolute Gasteiger partial charge is 0.368 e. The standard InChI is InChI=1S/C15H22N2O2.ClH/c1-11-8-12(2)10-13(9-11)17-14(18)15(19-3)4-6-16-7-5-15;/h8-10,16H,4-7H2,1-3H3,(H,17,18);1H. The van der Waals surface area contributed by atoms with E-state index < -0.39 is 5.60 Å². The summed E-state index contributed by atoms with van der Waals surface area (Å²) in [5.74, 6) is -0.0403. The van der Waals surface area contributed by atoms with E-state index in [4.69, 9.17) is 4.74 Å². The highest BCUT2D eigenvalue weighted by atomic mass is 35.5. The maximum Gasteiger partial charge on any atom is 0.256 e. The lowest BCUT2D eigenvalue weighted by Gasteiger charge is -2.34. The van der Waals surface area contributed by atoms with Crippen molar-refractivity contribution in [2.75, 3.05) is 25.5 Å². The fraction of sp³-hybridized carbons (Fsp3) is 0.533. The number of hydrogen-bond donors (Lipinski definition) is 2. The predicted molar refractivity (Wildman–Crippen MR) is 83.6 cm³/mol. The second kappa shape index (κ2) is 7.07. The van der Waals surface area contributed by atoms with Crippen LogP contribution in [0.4, 0.5) is 5.69 Å². The summed E-state index contributed by atoms with van der Waals surface area (Å²) in [6, 6.07) is 6.05. The molecule has 4 nitrogen and oxygen atoms in total. The molecule has 20 heavy (non-hydrogen) atoms. The van der Waals surface area contributed by atoms with E-state index in [1.54, 1.807) is 7.11 Å². The Hall–Kier alpha value is -1.10. The van der Waals surface area contributed by atoms with Gasteiger partial charge in [0.2, 0.25) is 0 Å². The van der Waals surface area contributed by atoms with Crippen molar-refractivity contribution >= 4 is 24.0 Å². The number of methoxy groups -OCH3 is 1. The Morgan fingerprint density at radius 1 is 1.20 bits per heavy atom. The van der Waals surface area contributed by atoms with Gasteiger partial charge in [-0.25, -0.2) is 0 Å². The first-order chi connectivity index (χ1) is 9.05. The summed E-state index contributed by atoms with van der Waals surface area (Å²) in [5, 5.41) is 6.24. The normalized spacial score (nSPS) is 17.1. The average Bonchev–Trinajstić information content (AvgIpc) is 2.38. The van der Waals surface area contributed by atoms with Crippen LogP contribution in [0, 0.1) is 13.8 Å². The first-order valence-corrected chi connectivity index (χ1v) is 6.71. The molecule has 1 heterocycles. The van der Waals surface area contributed by atoms with E-state index in [0.29, 0.717) is 12.8 Å². The van der Waals surface area contributed by atoms with Gasteiger partial charge in [-0.1, -0.05) is 6.07 Å². The van der Waals surface area contributed by atoms with Gasteiger partial charge in [0.25, 0.3) is 5.91 Å². The van der Waals surface area contributed by atoms with Gasteiger partial charge >= 0.3 is 0 Å². The number of carbonyl (C=O) groups excluding carboxylic acids is 1. The van der Waals surface area contributed by atoms with Crippen LogP contribution in [0.1, 0.15) is 24.0 Å². The lowest BCUT2D eigenvalue weighted by Crippen LogP contribution is -2.51. The Kier molecular flexibility index (Phi) is 5.99. The summed E-state index contributed by atoms with van der Waals surface area (Å²) >= 11 is 0. The summed E-state index contributed by atoms with van der Waals surface area (Å²) in [7, 11) is 1.62. The molecule has 1 fully saturated rings. The van der Waals surface area contributed by atoms with Crippen LogP contribution in [-0.4, -0.2) is 31.7 Å². The van der Waals surface area contributed by atoms with Gasteiger partial charge in [-0.15, -0.1) is 12.4 Å². The van der Waals surface area contributed by atoms with E-state index in [0.717, 1.165) is 29.9 Å². The van der Waals surface area contributed by atoms with Crippen molar-refractivity contribution in [2.24, 2.45) is 0 Å². The number of halogens is 1. The van der Waals surface area contributed by atoms with Crippen LogP contribution < -0.4 is 10.6 Å². The second-order valence-electron chi connectivity index (χ2n) is 5.28. The van der Waals surface area contributed by atoms with Crippen LogP contribution in [-0.2, 0) is 9.53 Å². The maximum atomic E-state index is 12.5. The minimum absolute atomic E-state index is 0. The Morgan fingerprint density at radius 2 is 1.75 bits per heavy atom. The van der Waals surface area contributed by atoms with Crippen molar-refractivity contribution < 1.29 is 9.53 Å². The van der Waals surface area contributed by atoms with E-state index in [1.165, 1.54) is 0 Å². The fourth-order valence-corrected chi connectivity index (χ4v) is 2.65. The molecule has 0 radical (unpaired) electrons. The van der Waals surface area contributed by atoms with E-state index in [-0.39, 0.29) is 18.3 Å². The zero-order chi connectivity index (χ0) is 13.9. The second-order valence-corrected chi connectivity index (χ2v) is 5.28. The van der Waals surface area contributed by atoms with Crippen molar-refractivity contribution in [3.63, 3.8) is 0 Å². The number of nitrogens with one attached hydrogen (secondary N) is 2. The molecule has 0 aromatic heterocycles. The molecular weight excluding hydrogens is 276 g/mol. The monoisotopic (exact) mass is 298 g/mol. The number of ether oxygens (including phenoxy) is 1. The molecule has 5 heteroatoms. The molecule has 0 bridgehead atoms. The number of aryl methyl sites for hydroxylation is 2. The summed E-state index contributed by atoms with van der Waals surface area (Å²) in [6.45, 7) is 5.68. The summed E-state index contributed by atoms with van der Waals surface area (Å²) in [5.41, 5.74) is 2.44. The zero-order valence-electron chi connectivity index (χ0n) is 12.3. The quantitative estimate of drug-likeness (QED) is 0.901. The van der Waals surface area contributed by atoms with Crippen molar-refractivity contribution in [3.05, 3.63) is 29.3 Å². The third-order valence-electron chi connectivity index (χ3n) is 3.70. The highest BCUT2D eigenvalue weighted by molar-refractivity contribution is 5.97. The number of rotatable bonds is 3. The lowest BCUT2D eigenvalue weighted by atomic mass is 9.91. The highest BCUT2D eigenvalue weighted by Gasteiger charge is 2.39. The number of piperidine rings is 1. The molecule has 1 saturated heterocycles. The van der Waals surface area contributed by atoms with Crippen LogP contribution >= 0.6 is 12.4 Å². The molecule has 1 aliphatic rings. The first kappa shape index (κ1) is 17.0. The van der Waals surface area contributed by atoms with Crippen molar-refractivity contribution in [2.45, 2.75) is 32.3 Å². The maximum absolute atomic E-state index is 12.5. The average molecular weight is 299 g/mol. The van der Waals surface area contributed by atoms with E-state index in [9.17, 15) is 4.79 Å². The molecule has 0 spiro atoms. The zero-order valence-corrected chi connectivity index (χ0v) is 13.1. The number of anilines is 1.